The first-order valence-corrected chi connectivity index (χ1v) is 7.50. The van der Waals surface area contributed by atoms with E-state index in [0.717, 1.165) is 11.1 Å². The number of esters is 1. The number of oxazole rings is 1. The lowest BCUT2D eigenvalue weighted by Crippen LogP contribution is -2.06. The molecule has 116 valence electrons. The highest BCUT2D eigenvalue weighted by Crippen LogP contribution is 2.25. The summed E-state index contributed by atoms with van der Waals surface area (Å²) in [5, 5.41) is 0.565. The summed E-state index contributed by atoms with van der Waals surface area (Å²) >= 11 is 6.09. The predicted molar refractivity (Wildman–Crippen MR) is 89.0 cm³/mol. The Morgan fingerprint density at radius 3 is 2.74 bits per heavy atom. The monoisotopic (exact) mass is 327 g/mol. The van der Waals surface area contributed by atoms with Gasteiger partial charge in [-0.3, -0.25) is 0 Å². The van der Waals surface area contributed by atoms with Crippen molar-refractivity contribution in [1.29, 1.82) is 0 Å². The number of hydrogen-bond donors (Lipinski definition) is 0. The summed E-state index contributed by atoms with van der Waals surface area (Å²) in [6.45, 7) is 1.77. The second kappa shape index (κ2) is 6.67. The van der Waals surface area contributed by atoms with Gasteiger partial charge in [0.25, 0.3) is 0 Å². The SMILES string of the molecule is C[C@@H](OC(=O)/C=C/c1nc2ccccc2o1)c1ccccc1Cl. The molecule has 0 spiro atoms. The van der Waals surface area contributed by atoms with Crippen molar-refractivity contribution in [2.75, 3.05) is 0 Å². The molecule has 3 rings (SSSR count). The molecular weight excluding hydrogens is 314 g/mol. The Labute approximate surface area is 138 Å². The molecule has 1 heterocycles. The standard InChI is InChI=1S/C18H14ClNO3/c1-12(13-6-2-3-7-14(13)19)22-18(21)11-10-17-20-15-8-4-5-9-16(15)23-17/h2-12H,1H3/b11-10+/t12-/m1/s1. The largest absolute Gasteiger partial charge is 0.455 e. The Balaban J connectivity index is 1.68. The summed E-state index contributed by atoms with van der Waals surface area (Å²) < 4.78 is 10.8. The van der Waals surface area contributed by atoms with E-state index >= 15 is 0 Å². The zero-order valence-electron chi connectivity index (χ0n) is 12.4. The van der Waals surface area contributed by atoms with Crippen molar-refractivity contribution in [3.63, 3.8) is 0 Å². The summed E-state index contributed by atoms with van der Waals surface area (Å²) in [5.41, 5.74) is 2.17. The molecule has 1 aromatic heterocycles. The number of carbonyl (C=O) groups excluding carboxylic acids is 1. The van der Waals surface area contributed by atoms with Crippen LogP contribution in [-0.2, 0) is 9.53 Å². The first-order chi connectivity index (χ1) is 11.1. The first-order valence-electron chi connectivity index (χ1n) is 7.12. The Morgan fingerprint density at radius 2 is 1.96 bits per heavy atom. The van der Waals surface area contributed by atoms with Crippen molar-refractivity contribution >= 4 is 34.7 Å². The van der Waals surface area contributed by atoms with Crippen LogP contribution in [0.4, 0.5) is 0 Å². The van der Waals surface area contributed by atoms with Crippen molar-refractivity contribution in [2.45, 2.75) is 13.0 Å². The van der Waals surface area contributed by atoms with Gasteiger partial charge in [0, 0.05) is 22.7 Å². The molecule has 0 saturated carbocycles. The third-order valence-corrected chi connectivity index (χ3v) is 3.65. The number of benzene rings is 2. The van der Waals surface area contributed by atoms with E-state index in [4.69, 9.17) is 20.8 Å². The van der Waals surface area contributed by atoms with E-state index in [1.165, 1.54) is 12.2 Å². The molecule has 2 aromatic carbocycles. The maximum absolute atomic E-state index is 11.9. The van der Waals surface area contributed by atoms with Crippen LogP contribution in [0.5, 0.6) is 0 Å². The molecule has 0 amide bonds. The van der Waals surface area contributed by atoms with Gasteiger partial charge in [-0.1, -0.05) is 41.9 Å². The first kappa shape index (κ1) is 15.3. The highest BCUT2D eigenvalue weighted by Gasteiger charge is 2.12. The van der Waals surface area contributed by atoms with Gasteiger partial charge >= 0.3 is 5.97 Å². The molecule has 0 unspecified atom stereocenters. The number of fused-ring (bicyclic) bond motifs is 1. The lowest BCUT2D eigenvalue weighted by Gasteiger charge is -2.13. The second-order valence-electron chi connectivity index (χ2n) is 4.95. The Hall–Kier alpha value is -2.59. The van der Waals surface area contributed by atoms with E-state index < -0.39 is 12.1 Å². The van der Waals surface area contributed by atoms with Gasteiger partial charge < -0.3 is 9.15 Å². The number of rotatable bonds is 4. The fourth-order valence-corrected chi connectivity index (χ4v) is 2.47. The van der Waals surface area contributed by atoms with Crippen LogP contribution in [0.25, 0.3) is 17.2 Å². The molecule has 0 N–H and O–H groups in total. The number of carbonyl (C=O) groups is 1. The second-order valence-corrected chi connectivity index (χ2v) is 5.36. The minimum atomic E-state index is -0.486. The molecule has 23 heavy (non-hydrogen) atoms. The number of hydrogen-bond acceptors (Lipinski definition) is 4. The van der Waals surface area contributed by atoms with Crippen molar-refractivity contribution in [1.82, 2.24) is 4.98 Å². The molecule has 0 fully saturated rings. The van der Waals surface area contributed by atoms with Crippen LogP contribution in [0, 0.1) is 0 Å². The van der Waals surface area contributed by atoms with Crippen molar-refractivity contribution < 1.29 is 13.9 Å². The number of para-hydroxylation sites is 2. The normalized spacial score (nSPS) is 12.6. The summed E-state index contributed by atoms with van der Waals surface area (Å²) in [7, 11) is 0. The summed E-state index contributed by atoms with van der Waals surface area (Å²) in [6.07, 6.45) is 2.34. The minimum absolute atomic E-state index is 0.355. The average Bonchev–Trinajstić information content (AvgIpc) is 2.96. The molecule has 0 radical (unpaired) electrons. The minimum Gasteiger partial charge on any atom is -0.455 e. The highest BCUT2D eigenvalue weighted by atomic mass is 35.5. The van der Waals surface area contributed by atoms with Gasteiger partial charge in [0.15, 0.2) is 5.58 Å². The van der Waals surface area contributed by atoms with Gasteiger partial charge in [0.2, 0.25) is 5.89 Å². The fourth-order valence-electron chi connectivity index (χ4n) is 2.18. The van der Waals surface area contributed by atoms with Crippen LogP contribution in [0.3, 0.4) is 0 Å². The van der Waals surface area contributed by atoms with Crippen LogP contribution in [0.1, 0.15) is 24.5 Å². The van der Waals surface area contributed by atoms with E-state index in [2.05, 4.69) is 4.98 Å². The summed E-state index contributed by atoms with van der Waals surface area (Å²) in [5.74, 6) is -0.131. The zero-order chi connectivity index (χ0) is 16.2. The number of aromatic nitrogens is 1. The van der Waals surface area contributed by atoms with Gasteiger partial charge in [-0.25, -0.2) is 9.78 Å². The van der Waals surface area contributed by atoms with Gasteiger partial charge in [-0.2, -0.15) is 0 Å². The smallest absolute Gasteiger partial charge is 0.331 e. The van der Waals surface area contributed by atoms with Crippen LogP contribution < -0.4 is 0 Å². The molecule has 0 aliphatic heterocycles. The number of ether oxygens (including phenoxy) is 1. The van der Waals surface area contributed by atoms with Gasteiger partial charge in [0.05, 0.1) is 0 Å². The molecule has 5 heteroatoms. The topological polar surface area (TPSA) is 52.3 Å². The van der Waals surface area contributed by atoms with E-state index in [-0.39, 0.29) is 0 Å². The van der Waals surface area contributed by atoms with Crippen molar-refractivity contribution in [3.8, 4) is 0 Å². The zero-order valence-corrected chi connectivity index (χ0v) is 13.2. The van der Waals surface area contributed by atoms with Crippen LogP contribution in [-0.4, -0.2) is 11.0 Å². The summed E-state index contributed by atoms with van der Waals surface area (Å²) in [6, 6.07) is 14.7. The van der Waals surface area contributed by atoms with E-state index in [1.54, 1.807) is 13.0 Å². The number of nitrogens with zero attached hydrogens (tertiary/aromatic N) is 1. The summed E-state index contributed by atoms with van der Waals surface area (Å²) in [4.78, 5) is 16.2. The molecule has 1 atom stereocenters. The number of halogens is 1. The van der Waals surface area contributed by atoms with Crippen LogP contribution in [0.15, 0.2) is 59.0 Å². The van der Waals surface area contributed by atoms with E-state index in [0.29, 0.717) is 16.5 Å². The van der Waals surface area contributed by atoms with Gasteiger partial charge in [-0.15, -0.1) is 0 Å². The van der Waals surface area contributed by atoms with Crippen molar-refractivity contribution in [3.05, 3.63) is 71.1 Å². The third kappa shape index (κ3) is 3.60. The molecule has 0 aliphatic carbocycles. The highest BCUT2D eigenvalue weighted by molar-refractivity contribution is 6.31. The van der Waals surface area contributed by atoms with Crippen molar-refractivity contribution in [2.24, 2.45) is 0 Å². The van der Waals surface area contributed by atoms with Gasteiger partial charge in [0.1, 0.15) is 11.6 Å². The molecule has 0 bridgehead atoms. The Kier molecular flexibility index (Phi) is 4.44. The Morgan fingerprint density at radius 1 is 1.22 bits per heavy atom. The molecule has 0 saturated heterocycles. The molecule has 4 nitrogen and oxygen atoms in total. The van der Waals surface area contributed by atoms with E-state index in [1.807, 2.05) is 42.5 Å². The van der Waals surface area contributed by atoms with E-state index in [9.17, 15) is 4.79 Å². The Bertz CT molecular complexity index is 836. The maximum atomic E-state index is 11.9. The van der Waals surface area contributed by atoms with Gasteiger partial charge in [-0.05, 0) is 25.1 Å². The van der Waals surface area contributed by atoms with Crippen LogP contribution >= 0.6 is 11.6 Å². The third-order valence-electron chi connectivity index (χ3n) is 3.31. The molecule has 3 aromatic rings. The average molecular weight is 328 g/mol. The lowest BCUT2D eigenvalue weighted by molar-refractivity contribution is -0.142. The molecular formula is C18H14ClNO3. The quantitative estimate of drug-likeness (QED) is 0.510. The van der Waals surface area contributed by atoms with Crippen LogP contribution in [0.2, 0.25) is 5.02 Å². The fraction of sp³-hybridized carbons (Fsp3) is 0.111. The maximum Gasteiger partial charge on any atom is 0.331 e. The molecule has 0 aliphatic rings. The predicted octanol–water partition coefficient (Wildman–Crippen LogP) is 4.80. The lowest BCUT2D eigenvalue weighted by atomic mass is 10.1.